The summed E-state index contributed by atoms with van der Waals surface area (Å²) in [5.41, 5.74) is 0. The Hall–Kier alpha value is -0.120. The summed E-state index contributed by atoms with van der Waals surface area (Å²) >= 11 is 0. The summed E-state index contributed by atoms with van der Waals surface area (Å²) in [5, 5.41) is 3.72. The molecule has 1 unspecified atom stereocenters. The molecule has 96 valence electrons. The fraction of sp³-hybridized carbons (Fsp3) is 1.00. The highest BCUT2D eigenvalue weighted by Gasteiger charge is 2.19. The summed E-state index contributed by atoms with van der Waals surface area (Å²) in [6.45, 7) is 9.48. The van der Waals surface area contributed by atoms with Gasteiger partial charge in [0.15, 0.2) is 0 Å². The van der Waals surface area contributed by atoms with Gasteiger partial charge in [-0.15, -0.1) is 0 Å². The Bertz CT molecular complexity index is 174. The summed E-state index contributed by atoms with van der Waals surface area (Å²) in [7, 11) is 4.30. The molecule has 1 atom stereocenters. The zero-order valence-corrected chi connectivity index (χ0v) is 11.5. The first-order chi connectivity index (χ1) is 7.61. The summed E-state index contributed by atoms with van der Waals surface area (Å²) < 4.78 is 0. The molecule has 0 spiro atoms. The molecule has 0 radical (unpaired) electrons. The number of hydrogen-bond acceptors (Lipinski definition) is 3. The average molecular weight is 227 g/mol. The van der Waals surface area contributed by atoms with Crippen LogP contribution >= 0.6 is 0 Å². The highest BCUT2D eigenvalue weighted by atomic mass is 15.2. The summed E-state index contributed by atoms with van der Waals surface area (Å²) in [6.07, 6.45) is 3.87. The van der Waals surface area contributed by atoms with Crippen LogP contribution < -0.4 is 5.32 Å². The van der Waals surface area contributed by atoms with E-state index in [9.17, 15) is 0 Å². The van der Waals surface area contributed by atoms with E-state index in [1.54, 1.807) is 0 Å². The van der Waals surface area contributed by atoms with E-state index in [1.165, 1.54) is 45.4 Å². The van der Waals surface area contributed by atoms with Crippen molar-refractivity contribution in [2.45, 2.75) is 45.2 Å². The standard InChI is InChI=1S/C13H29N3/c1-5-12(2)14-13-6-8-16(9-7-13)11-10-15(3)4/h12-14H,5-11H2,1-4H3. The van der Waals surface area contributed by atoms with Crippen molar-refractivity contribution in [1.82, 2.24) is 15.1 Å². The van der Waals surface area contributed by atoms with Gasteiger partial charge in [0.25, 0.3) is 0 Å². The van der Waals surface area contributed by atoms with Crippen LogP contribution in [0.3, 0.4) is 0 Å². The van der Waals surface area contributed by atoms with E-state index in [-0.39, 0.29) is 0 Å². The van der Waals surface area contributed by atoms with Crippen molar-refractivity contribution in [3.63, 3.8) is 0 Å². The number of piperidine rings is 1. The van der Waals surface area contributed by atoms with Gasteiger partial charge < -0.3 is 15.1 Å². The summed E-state index contributed by atoms with van der Waals surface area (Å²) in [4.78, 5) is 4.86. The van der Waals surface area contributed by atoms with Crippen molar-refractivity contribution in [2.75, 3.05) is 40.3 Å². The second-order valence-electron chi connectivity index (χ2n) is 5.40. The molecule has 1 rings (SSSR count). The predicted octanol–water partition coefficient (Wildman–Crippen LogP) is 1.40. The van der Waals surface area contributed by atoms with E-state index in [0.717, 1.165) is 6.04 Å². The molecule has 0 aliphatic carbocycles. The molecule has 0 aromatic heterocycles. The monoisotopic (exact) mass is 227 g/mol. The van der Waals surface area contributed by atoms with Crippen molar-refractivity contribution in [3.8, 4) is 0 Å². The largest absolute Gasteiger partial charge is 0.311 e. The molecule has 1 saturated heterocycles. The first kappa shape index (κ1) is 13.9. The Balaban J connectivity index is 2.13. The average Bonchev–Trinajstić information content (AvgIpc) is 2.28. The number of rotatable bonds is 6. The zero-order valence-electron chi connectivity index (χ0n) is 11.5. The minimum absolute atomic E-state index is 0.679. The van der Waals surface area contributed by atoms with Crippen molar-refractivity contribution < 1.29 is 0 Å². The third-order valence-corrected chi connectivity index (χ3v) is 3.58. The molecule has 16 heavy (non-hydrogen) atoms. The second-order valence-corrected chi connectivity index (χ2v) is 5.40. The Morgan fingerprint density at radius 2 is 1.94 bits per heavy atom. The Morgan fingerprint density at radius 3 is 2.44 bits per heavy atom. The minimum Gasteiger partial charge on any atom is -0.311 e. The molecule has 0 bridgehead atoms. The van der Waals surface area contributed by atoms with Crippen LogP contribution in [0.2, 0.25) is 0 Å². The van der Waals surface area contributed by atoms with Crippen LogP contribution in [0.1, 0.15) is 33.1 Å². The molecule has 3 heteroatoms. The lowest BCUT2D eigenvalue weighted by Crippen LogP contribution is -2.46. The quantitative estimate of drug-likeness (QED) is 0.740. The number of nitrogens with zero attached hydrogens (tertiary/aromatic N) is 2. The molecular weight excluding hydrogens is 198 g/mol. The van der Waals surface area contributed by atoms with Gasteiger partial charge in [0.1, 0.15) is 0 Å². The van der Waals surface area contributed by atoms with Gasteiger partial charge in [-0.3, -0.25) is 0 Å². The molecule has 0 aromatic rings. The molecule has 1 heterocycles. The third-order valence-electron chi connectivity index (χ3n) is 3.58. The molecule has 1 aliphatic heterocycles. The number of likely N-dealkylation sites (N-methyl/N-ethyl adjacent to an activating group) is 1. The molecule has 1 N–H and O–H groups in total. The highest BCUT2D eigenvalue weighted by Crippen LogP contribution is 2.11. The summed E-state index contributed by atoms with van der Waals surface area (Å²) in [5.74, 6) is 0. The van der Waals surface area contributed by atoms with Crippen LogP contribution in [0.4, 0.5) is 0 Å². The van der Waals surface area contributed by atoms with E-state index in [0.29, 0.717) is 6.04 Å². The van der Waals surface area contributed by atoms with E-state index >= 15 is 0 Å². The van der Waals surface area contributed by atoms with Crippen molar-refractivity contribution in [3.05, 3.63) is 0 Å². The molecular formula is C13H29N3. The second kappa shape index (κ2) is 7.25. The maximum absolute atomic E-state index is 3.72. The first-order valence-corrected chi connectivity index (χ1v) is 6.75. The van der Waals surface area contributed by atoms with E-state index in [1.807, 2.05) is 0 Å². The predicted molar refractivity (Wildman–Crippen MR) is 70.9 cm³/mol. The van der Waals surface area contributed by atoms with Crippen LogP contribution in [-0.2, 0) is 0 Å². The number of hydrogen-bond donors (Lipinski definition) is 1. The van der Waals surface area contributed by atoms with Gasteiger partial charge in [0, 0.05) is 25.2 Å². The van der Waals surface area contributed by atoms with Gasteiger partial charge in [-0.25, -0.2) is 0 Å². The van der Waals surface area contributed by atoms with Crippen LogP contribution in [0.15, 0.2) is 0 Å². The highest BCUT2D eigenvalue weighted by molar-refractivity contribution is 4.79. The lowest BCUT2D eigenvalue weighted by atomic mass is 10.0. The molecule has 3 nitrogen and oxygen atoms in total. The topological polar surface area (TPSA) is 18.5 Å². The van der Waals surface area contributed by atoms with Crippen LogP contribution in [0.25, 0.3) is 0 Å². The lowest BCUT2D eigenvalue weighted by molar-refractivity contribution is 0.177. The molecule has 0 aromatic carbocycles. The molecule has 1 fully saturated rings. The fourth-order valence-corrected chi connectivity index (χ4v) is 2.18. The zero-order chi connectivity index (χ0) is 12.0. The lowest BCUT2D eigenvalue weighted by Gasteiger charge is -2.34. The Morgan fingerprint density at radius 1 is 1.31 bits per heavy atom. The first-order valence-electron chi connectivity index (χ1n) is 6.75. The van der Waals surface area contributed by atoms with Crippen LogP contribution in [-0.4, -0.2) is 62.2 Å². The third kappa shape index (κ3) is 5.28. The SMILES string of the molecule is CCC(C)NC1CCN(CCN(C)C)CC1. The van der Waals surface area contributed by atoms with Gasteiger partial charge in [0.2, 0.25) is 0 Å². The minimum atomic E-state index is 0.679. The molecule has 1 aliphatic rings. The molecule has 0 saturated carbocycles. The number of nitrogens with one attached hydrogen (secondary N) is 1. The van der Waals surface area contributed by atoms with Gasteiger partial charge >= 0.3 is 0 Å². The maximum atomic E-state index is 3.72. The number of likely N-dealkylation sites (tertiary alicyclic amines) is 1. The summed E-state index contributed by atoms with van der Waals surface area (Å²) in [6, 6.07) is 1.43. The van der Waals surface area contributed by atoms with Crippen molar-refractivity contribution in [1.29, 1.82) is 0 Å². The van der Waals surface area contributed by atoms with E-state index < -0.39 is 0 Å². The molecule has 0 amide bonds. The smallest absolute Gasteiger partial charge is 0.0109 e. The van der Waals surface area contributed by atoms with Gasteiger partial charge in [-0.05, 0) is 53.4 Å². The Labute approximate surface area is 101 Å². The van der Waals surface area contributed by atoms with E-state index in [2.05, 4.69) is 43.1 Å². The van der Waals surface area contributed by atoms with Gasteiger partial charge in [-0.2, -0.15) is 0 Å². The van der Waals surface area contributed by atoms with Crippen molar-refractivity contribution >= 4 is 0 Å². The van der Waals surface area contributed by atoms with E-state index in [4.69, 9.17) is 0 Å². The van der Waals surface area contributed by atoms with Crippen LogP contribution in [0, 0.1) is 0 Å². The fourth-order valence-electron chi connectivity index (χ4n) is 2.18. The van der Waals surface area contributed by atoms with Crippen LogP contribution in [0.5, 0.6) is 0 Å². The van der Waals surface area contributed by atoms with Gasteiger partial charge in [-0.1, -0.05) is 6.92 Å². The normalized spacial score (nSPS) is 21.6. The van der Waals surface area contributed by atoms with Gasteiger partial charge in [0.05, 0.1) is 0 Å². The van der Waals surface area contributed by atoms with Crippen molar-refractivity contribution in [2.24, 2.45) is 0 Å². The maximum Gasteiger partial charge on any atom is 0.0109 e. The Kier molecular flexibility index (Phi) is 6.32.